The molecule has 84 valence electrons. The maximum absolute atomic E-state index is 11.5. The number of carbonyl (C=O) groups is 2. The normalized spacial score (nSPS) is 17.4. The summed E-state index contributed by atoms with van der Waals surface area (Å²) in [6.07, 6.45) is 0. The Labute approximate surface area is 90.8 Å². The summed E-state index contributed by atoms with van der Waals surface area (Å²) in [4.78, 5) is 21.6. The largest absolute Gasteiger partial charge is 0.478 e. The standard InChI is InChI=1S/C9H7NO5S/c11-8-4-10-6-3-5(9(12)13)1-2-7(6)16(8,14)15/h1-3,10H,4H2,(H,12,13). The van der Waals surface area contributed by atoms with Gasteiger partial charge in [-0.2, -0.15) is 0 Å². The van der Waals surface area contributed by atoms with Crippen LogP contribution in [0.2, 0.25) is 0 Å². The second-order valence-corrected chi connectivity index (χ2v) is 5.15. The first-order valence-electron chi connectivity index (χ1n) is 4.32. The highest BCUT2D eigenvalue weighted by Gasteiger charge is 2.32. The van der Waals surface area contributed by atoms with E-state index in [2.05, 4.69) is 5.32 Å². The molecule has 1 aliphatic rings. The van der Waals surface area contributed by atoms with Gasteiger partial charge in [0, 0.05) is 0 Å². The van der Waals surface area contributed by atoms with E-state index < -0.39 is 20.9 Å². The molecule has 1 aliphatic heterocycles. The smallest absolute Gasteiger partial charge is 0.335 e. The number of carbonyl (C=O) groups excluding carboxylic acids is 1. The van der Waals surface area contributed by atoms with E-state index in [0.717, 1.165) is 12.1 Å². The summed E-state index contributed by atoms with van der Waals surface area (Å²) in [5, 5.41) is 10.4. The number of rotatable bonds is 1. The molecule has 2 N–H and O–H groups in total. The quantitative estimate of drug-likeness (QED) is 0.723. The van der Waals surface area contributed by atoms with Gasteiger partial charge in [0.15, 0.2) is 0 Å². The fraction of sp³-hybridized carbons (Fsp3) is 0.111. The molecular formula is C9H7NO5S. The van der Waals surface area contributed by atoms with E-state index in [1.807, 2.05) is 0 Å². The molecule has 1 heterocycles. The van der Waals surface area contributed by atoms with Crippen LogP contribution in [0.4, 0.5) is 5.69 Å². The molecule has 0 radical (unpaired) electrons. The number of carboxylic acid groups (broad SMARTS) is 1. The molecular weight excluding hydrogens is 234 g/mol. The van der Waals surface area contributed by atoms with E-state index in [4.69, 9.17) is 5.11 Å². The third kappa shape index (κ3) is 1.45. The number of carboxylic acids is 1. The number of anilines is 1. The first kappa shape index (κ1) is 10.6. The summed E-state index contributed by atoms with van der Waals surface area (Å²) in [6.45, 7) is -0.335. The Morgan fingerprint density at radius 1 is 1.38 bits per heavy atom. The van der Waals surface area contributed by atoms with Crippen LogP contribution in [0.15, 0.2) is 23.1 Å². The molecule has 0 atom stereocenters. The van der Waals surface area contributed by atoms with Gasteiger partial charge in [-0.3, -0.25) is 4.79 Å². The molecule has 0 saturated heterocycles. The Morgan fingerprint density at radius 2 is 2.06 bits per heavy atom. The average molecular weight is 241 g/mol. The fourth-order valence-electron chi connectivity index (χ4n) is 1.42. The topological polar surface area (TPSA) is 101 Å². The first-order valence-corrected chi connectivity index (χ1v) is 5.80. The van der Waals surface area contributed by atoms with Crippen molar-refractivity contribution in [2.45, 2.75) is 4.90 Å². The Morgan fingerprint density at radius 3 is 2.69 bits per heavy atom. The van der Waals surface area contributed by atoms with E-state index >= 15 is 0 Å². The zero-order valence-electron chi connectivity index (χ0n) is 7.93. The monoisotopic (exact) mass is 241 g/mol. The highest BCUT2D eigenvalue weighted by molar-refractivity contribution is 8.06. The minimum Gasteiger partial charge on any atom is -0.478 e. The van der Waals surface area contributed by atoms with Crippen molar-refractivity contribution in [1.82, 2.24) is 0 Å². The summed E-state index contributed by atoms with van der Waals surface area (Å²) in [5.74, 6) is -1.15. The van der Waals surface area contributed by atoms with Crippen LogP contribution < -0.4 is 5.32 Å². The van der Waals surface area contributed by atoms with Crippen LogP contribution in [-0.4, -0.2) is 31.2 Å². The summed E-state index contributed by atoms with van der Waals surface area (Å²) >= 11 is 0. The van der Waals surface area contributed by atoms with Gasteiger partial charge in [0.25, 0.3) is 5.12 Å². The molecule has 16 heavy (non-hydrogen) atoms. The number of hydrogen-bond donors (Lipinski definition) is 2. The molecule has 0 unspecified atom stereocenters. The molecule has 0 saturated carbocycles. The molecule has 0 fully saturated rings. The maximum Gasteiger partial charge on any atom is 0.335 e. The van der Waals surface area contributed by atoms with Crippen LogP contribution in [0, 0.1) is 0 Å². The van der Waals surface area contributed by atoms with Crippen molar-refractivity contribution in [2.75, 3.05) is 11.9 Å². The van der Waals surface area contributed by atoms with Crippen LogP contribution in [0.1, 0.15) is 10.4 Å². The van der Waals surface area contributed by atoms with E-state index in [1.54, 1.807) is 0 Å². The third-order valence-corrected chi connectivity index (χ3v) is 3.92. The summed E-state index contributed by atoms with van der Waals surface area (Å²) in [7, 11) is -3.96. The molecule has 1 aromatic carbocycles. The van der Waals surface area contributed by atoms with E-state index in [-0.39, 0.29) is 22.7 Å². The molecule has 0 aromatic heterocycles. The minimum absolute atomic E-state index is 0.0317. The second-order valence-electron chi connectivity index (χ2n) is 3.25. The van der Waals surface area contributed by atoms with Gasteiger partial charge in [-0.05, 0) is 18.2 Å². The van der Waals surface area contributed by atoms with Crippen LogP contribution in [0.25, 0.3) is 0 Å². The number of hydrogen-bond acceptors (Lipinski definition) is 5. The van der Waals surface area contributed by atoms with Crippen molar-refractivity contribution in [3.05, 3.63) is 23.8 Å². The minimum atomic E-state index is -3.96. The zero-order chi connectivity index (χ0) is 11.9. The average Bonchev–Trinajstić information content (AvgIpc) is 2.23. The lowest BCUT2D eigenvalue weighted by Gasteiger charge is -2.17. The lowest BCUT2D eigenvalue weighted by atomic mass is 10.2. The van der Waals surface area contributed by atoms with Crippen molar-refractivity contribution in [1.29, 1.82) is 0 Å². The summed E-state index contributed by atoms with van der Waals surface area (Å²) in [5.41, 5.74) is 0.121. The highest BCUT2D eigenvalue weighted by Crippen LogP contribution is 2.27. The SMILES string of the molecule is O=C(O)c1ccc2c(c1)NCC(=O)S2(=O)=O. The third-order valence-electron chi connectivity index (χ3n) is 2.24. The predicted octanol–water partition coefficient (Wildman–Crippen LogP) is 0.111. The second kappa shape index (κ2) is 3.31. The summed E-state index contributed by atoms with van der Waals surface area (Å²) < 4.78 is 23.1. The van der Waals surface area contributed by atoms with Gasteiger partial charge in [0.05, 0.1) is 22.7 Å². The molecule has 7 heteroatoms. The van der Waals surface area contributed by atoms with Gasteiger partial charge in [0.2, 0.25) is 9.84 Å². The van der Waals surface area contributed by atoms with Gasteiger partial charge < -0.3 is 10.4 Å². The van der Waals surface area contributed by atoms with Gasteiger partial charge in [-0.15, -0.1) is 0 Å². The number of fused-ring (bicyclic) bond motifs is 1. The maximum atomic E-state index is 11.5. The van der Waals surface area contributed by atoms with Gasteiger partial charge in [0.1, 0.15) is 0 Å². The van der Waals surface area contributed by atoms with Crippen LogP contribution >= 0.6 is 0 Å². The Bertz CT molecular complexity index is 590. The van der Waals surface area contributed by atoms with E-state index in [1.165, 1.54) is 6.07 Å². The molecule has 0 spiro atoms. The van der Waals surface area contributed by atoms with Crippen LogP contribution in [0.3, 0.4) is 0 Å². The fourth-order valence-corrected chi connectivity index (χ4v) is 2.60. The number of nitrogens with one attached hydrogen (secondary N) is 1. The van der Waals surface area contributed by atoms with Gasteiger partial charge in [-0.25, -0.2) is 13.2 Å². The van der Waals surface area contributed by atoms with Crippen molar-refractivity contribution < 1.29 is 23.1 Å². The Hall–Kier alpha value is -1.89. The van der Waals surface area contributed by atoms with Crippen molar-refractivity contribution in [2.24, 2.45) is 0 Å². The molecule has 2 rings (SSSR count). The van der Waals surface area contributed by atoms with Crippen LogP contribution in [0.5, 0.6) is 0 Å². The molecule has 1 aromatic rings. The lowest BCUT2D eigenvalue weighted by Crippen LogP contribution is -2.29. The molecule has 0 amide bonds. The molecule has 0 aliphatic carbocycles. The van der Waals surface area contributed by atoms with Gasteiger partial charge in [-0.1, -0.05) is 0 Å². The van der Waals surface area contributed by atoms with E-state index in [9.17, 15) is 18.0 Å². The highest BCUT2D eigenvalue weighted by atomic mass is 32.2. The van der Waals surface area contributed by atoms with Gasteiger partial charge >= 0.3 is 5.97 Å². The summed E-state index contributed by atoms with van der Waals surface area (Å²) in [6, 6.07) is 3.47. The Kier molecular flexibility index (Phi) is 2.20. The zero-order valence-corrected chi connectivity index (χ0v) is 8.74. The number of benzene rings is 1. The van der Waals surface area contributed by atoms with Crippen LogP contribution in [-0.2, 0) is 14.6 Å². The number of sulfone groups is 1. The number of aromatic carboxylic acids is 1. The van der Waals surface area contributed by atoms with Crippen molar-refractivity contribution in [3.63, 3.8) is 0 Å². The molecule has 0 bridgehead atoms. The van der Waals surface area contributed by atoms with E-state index in [0.29, 0.717) is 0 Å². The predicted molar refractivity (Wildman–Crippen MR) is 54.1 cm³/mol. The lowest BCUT2D eigenvalue weighted by molar-refractivity contribution is -0.110. The van der Waals surface area contributed by atoms with Crippen molar-refractivity contribution in [3.8, 4) is 0 Å². The Balaban J connectivity index is 2.64. The van der Waals surface area contributed by atoms with Crippen molar-refractivity contribution >= 4 is 26.6 Å². The molecule has 6 nitrogen and oxygen atoms in total. The first-order chi connectivity index (χ1) is 7.43.